The smallest absolute Gasteiger partial charge is 0.255 e. The van der Waals surface area contributed by atoms with Crippen molar-refractivity contribution in [2.45, 2.75) is 19.1 Å². The van der Waals surface area contributed by atoms with Crippen molar-refractivity contribution in [1.82, 2.24) is 14.8 Å². The summed E-state index contributed by atoms with van der Waals surface area (Å²) in [5.41, 5.74) is 0.352. The second kappa shape index (κ2) is 6.41. The second-order valence-corrected chi connectivity index (χ2v) is 5.75. The van der Waals surface area contributed by atoms with Crippen LogP contribution in [0.15, 0.2) is 18.3 Å². The van der Waals surface area contributed by atoms with E-state index in [4.69, 9.17) is 4.74 Å². The van der Waals surface area contributed by atoms with Crippen LogP contribution in [0, 0.1) is 0 Å². The van der Waals surface area contributed by atoms with Crippen LogP contribution in [0.25, 0.3) is 0 Å². The van der Waals surface area contributed by atoms with Crippen LogP contribution in [0.4, 0.5) is 5.82 Å². The van der Waals surface area contributed by atoms with Gasteiger partial charge in [0, 0.05) is 52.5 Å². The average Bonchev–Trinajstić information content (AvgIpc) is 2.47. The maximum atomic E-state index is 12.3. The van der Waals surface area contributed by atoms with Gasteiger partial charge in [-0.3, -0.25) is 9.69 Å². The summed E-state index contributed by atoms with van der Waals surface area (Å²) in [6.45, 7) is 4.58. The Morgan fingerprint density at radius 3 is 3.00 bits per heavy atom. The number of aromatic nitrogens is 1. The van der Waals surface area contributed by atoms with Crippen LogP contribution in [0.2, 0.25) is 0 Å². The molecule has 0 aliphatic carbocycles. The lowest BCUT2D eigenvalue weighted by Crippen LogP contribution is -2.57. The Kier molecular flexibility index (Phi) is 4.80. The molecule has 0 aromatic carbocycles. The van der Waals surface area contributed by atoms with E-state index in [0.717, 1.165) is 24.5 Å². The van der Waals surface area contributed by atoms with E-state index >= 15 is 0 Å². The molecule has 1 saturated heterocycles. The topological polar surface area (TPSA) is 57.7 Å². The number of hydrogen-bond acceptors (Lipinski definition) is 5. The van der Waals surface area contributed by atoms with Gasteiger partial charge in [-0.15, -0.1) is 0 Å². The van der Waals surface area contributed by atoms with E-state index in [9.17, 15) is 4.79 Å². The third-order valence-corrected chi connectivity index (χ3v) is 3.73. The molecule has 0 bridgehead atoms. The second-order valence-electron chi connectivity index (χ2n) is 5.75. The normalized spacial score (nSPS) is 22.9. The predicted molar refractivity (Wildman–Crippen MR) is 82.1 cm³/mol. The van der Waals surface area contributed by atoms with Gasteiger partial charge < -0.3 is 15.0 Å². The van der Waals surface area contributed by atoms with Crippen LogP contribution in [0.5, 0.6) is 0 Å². The summed E-state index contributed by atoms with van der Waals surface area (Å²) in [6.07, 6.45) is 1.77. The van der Waals surface area contributed by atoms with E-state index in [0.29, 0.717) is 13.2 Å². The number of nitrogens with one attached hydrogen (secondary N) is 1. The molecule has 1 fully saturated rings. The molecule has 1 N–H and O–H groups in total. The summed E-state index contributed by atoms with van der Waals surface area (Å²) >= 11 is 0. The fraction of sp³-hybridized carbons (Fsp3) is 0.600. The van der Waals surface area contributed by atoms with E-state index in [1.54, 1.807) is 25.2 Å². The summed E-state index contributed by atoms with van der Waals surface area (Å²) < 4.78 is 5.75. The maximum Gasteiger partial charge on any atom is 0.255 e. The third-order valence-electron chi connectivity index (χ3n) is 3.73. The largest absolute Gasteiger partial charge is 0.373 e. The monoisotopic (exact) mass is 292 g/mol. The van der Waals surface area contributed by atoms with Crippen molar-refractivity contribution < 1.29 is 9.53 Å². The molecule has 1 aromatic heterocycles. The van der Waals surface area contributed by atoms with Gasteiger partial charge >= 0.3 is 0 Å². The zero-order valence-electron chi connectivity index (χ0n) is 13.2. The Hall–Kier alpha value is -1.66. The van der Waals surface area contributed by atoms with Crippen molar-refractivity contribution in [2.24, 2.45) is 0 Å². The first kappa shape index (κ1) is 15.7. The summed E-state index contributed by atoms with van der Waals surface area (Å²) in [4.78, 5) is 20.4. The van der Waals surface area contributed by atoms with Gasteiger partial charge in [0.25, 0.3) is 5.91 Å². The number of rotatable bonds is 4. The van der Waals surface area contributed by atoms with Crippen LogP contribution >= 0.6 is 0 Å². The molecule has 0 saturated carbocycles. The highest BCUT2D eigenvalue weighted by Gasteiger charge is 2.40. The summed E-state index contributed by atoms with van der Waals surface area (Å²) in [7, 11) is 5.39. The number of carbonyl (C=O) groups is 1. The highest BCUT2D eigenvalue weighted by Crippen LogP contribution is 2.22. The number of morpholine rings is 1. The Labute approximate surface area is 126 Å². The molecule has 1 aliphatic rings. The van der Waals surface area contributed by atoms with Crippen LogP contribution in [-0.4, -0.2) is 67.1 Å². The Morgan fingerprint density at radius 1 is 1.57 bits per heavy atom. The number of anilines is 1. The minimum atomic E-state index is -0.774. The number of ether oxygens (including phenoxy) is 1. The third kappa shape index (κ3) is 3.51. The minimum absolute atomic E-state index is 0.00669. The average molecular weight is 292 g/mol. The van der Waals surface area contributed by atoms with Gasteiger partial charge in [-0.1, -0.05) is 6.07 Å². The molecule has 0 unspecified atom stereocenters. The lowest BCUT2D eigenvalue weighted by molar-refractivity contribution is -0.165. The molecule has 116 valence electrons. The number of likely N-dealkylation sites (N-methyl/N-ethyl adjacent to an activating group) is 1. The van der Waals surface area contributed by atoms with Crippen molar-refractivity contribution >= 4 is 11.7 Å². The van der Waals surface area contributed by atoms with E-state index in [1.165, 1.54) is 0 Å². The highest BCUT2D eigenvalue weighted by atomic mass is 16.5. The minimum Gasteiger partial charge on any atom is -0.373 e. The van der Waals surface area contributed by atoms with Crippen LogP contribution in [0.3, 0.4) is 0 Å². The first-order valence-electron chi connectivity index (χ1n) is 7.16. The Bertz CT molecular complexity index is 506. The first-order chi connectivity index (χ1) is 9.96. The number of pyridine rings is 1. The van der Waals surface area contributed by atoms with Gasteiger partial charge in [-0.2, -0.15) is 0 Å². The quantitative estimate of drug-likeness (QED) is 0.889. The van der Waals surface area contributed by atoms with Crippen molar-refractivity contribution in [3.63, 3.8) is 0 Å². The molecule has 1 aromatic rings. The summed E-state index contributed by atoms with van der Waals surface area (Å²) in [6, 6.07) is 3.99. The highest BCUT2D eigenvalue weighted by molar-refractivity contribution is 5.84. The van der Waals surface area contributed by atoms with E-state index in [1.807, 2.05) is 20.0 Å². The fourth-order valence-electron chi connectivity index (χ4n) is 2.72. The van der Waals surface area contributed by atoms with Gasteiger partial charge in [0.05, 0.1) is 6.61 Å². The maximum absolute atomic E-state index is 12.3. The van der Waals surface area contributed by atoms with Gasteiger partial charge in [-0.05, 0) is 13.0 Å². The molecule has 6 nitrogen and oxygen atoms in total. The molecule has 1 aliphatic heterocycles. The number of carbonyl (C=O) groups excluding carboxylic acids is 1. The molecule has 2 rings (SSSR count). The standard InChI is InChI=1S/C15H24N4O2/c1-15(14(20)18(3)4)11-19(8-9-21-15)10-12-6-5-7-17-13(12)16-2/h5-7H,8-11H2,1-4H3,(H,16,17)/t15-/m0/s1. The lowest BCUT2D eigenvalue weighted by Gasteiger charge is -2.40. The molecular weight excluding hydrogens is 268 g/mol. The first-order valence-corrected chi connectivity index (χ1v) is 7.16. The lowest BCUT2D eigenvalue weighted by atomic mass is 10.0. The zero-order valence-corrected chi connectivity index (χ0v) is 13.2. The number of nitrogens with zero attached hydrogens (tertiary/aromatic N) is 3. The summed E-state index contributed by atoms with van der Waals surface area (Å²) in [5, 5.41) is 3.10. The number of hydrogen-bond donors (Lipinski definition) is 1. The SMILES string of the molecule is CNc1ncccc1CN1CCO[C@](C)(C(=O)N(C)C)C1. The van der Waals surface area contributed by atoms with E-state index in [2.05, 4.69) is 21.3 Å². The van der Waals surface area contributed by atoms with Crippen LogP contribution < -0.4 is 5.32 Å². The molecule has 1 atom stereocenters. The van der Waals surface area contributed by atoms with Crippen molar-refractivity contribution in [3.8, 4) is 0 Å². The van der Waals surface area contributed by atoms with E-state index < -0.39 is 5.60 Å². The molecule has 0 radical (unpaired) electrons. The van der Waals surface area contributed by atoms with Crippen molar-refractivity contribution in [3.05, 3.63) is 23.9 Å². The van der Waals surface area contributed by atoms with Gasteiger partial charge in [-0.25, -0.2) is 4.98 Å². The molecule has 6 heteroatoms. The van der Waals surface area contributed by atoms with Crippen LogP contribution in [0.1, 0.15) is 12.5 Å². The van der Waals surface area contributed by atoms with Gasteiger partial charge in [0.1, 0.15) is 5.82 Å². The predicted octanol–water partition coefficient (Wildman–Crippen LogP) is 0.802. The number of amides is 1. The zero-order chi connectivity index (χ0) is 15.5. The van der Waals surface area contributed by atoms with Gasteiger partial charge in [0.2, 0.25) is 0 Å². The Morgan fingerprint density at radius 2 is 2.33 bits per heavy atom. The van der Waals surface area contributed by atoms with Crippen molar-refractivity contribution in [2.75, 3.05) is 46.2 Å². The molecule has 2 heterocycles. The molecule has 0 spiro atoms. The fourth-order valence-corrected chi connectivity index (χ4v) is 2.72. The van der Waals surface area contributed by atoms with Crippen molar-refractivity contribution in [1.29, 1.82) is 0 Å². The van der Waals surface area contributed by atoms with E-state index in [-0.39, 0.29) is 5.91 Å². The molecular formula is C15H24N4O2. The Balaban J connectivity index is 2.09. The van der Waals surface area contributed by atoms with Crippen LogP contribution in [-0.2, 0) is 16.1 Å². The van der Waals surface area contributed by atoms with Gasteiger partial charge in [0.15, 0.2) is 5.60 Å². The summed E-state index contributed by atoms with van der Waals surface area (Å²) in [5.74, 6) is 0.886. The molecule has 21 heavy (non-hydrogen) atoms. The molecule has 1 amide bonds.